The molecule has 0 radical (unpaired) electrons. The van der Waals surface area contributed by atoms with Crippen LogP contribution >= 0.6 is 0 Å². The Morgan fingerprint density at radius 1 is 1.26 bits per heavy atom. The van der Waals surface area contributed by atoms with Gasteiger partial charge in [0.1, 0.15) is 0 Å². The Morgan fingerprint density at radius 3 is 2.47 bits per heavy atom. The van der Waals surface area contributed by atoms with Crippen LogP contribution in [-0.2, 0) is 0 Å². The molecule has 19 heavy (non-hydrogen) atoms. The van der Waals surface area contributed by atoms with Gasteiger partial charge in [-0.25, -0.2) is 0 Å². The third kappa shape index (κ3) is 2.66. The van der Waals surface area contributed by atoms with Crippen molar-refractivity contribution in [3.63, 3.8) is 0 Å². The molecule has 0 spiro atoms. The number of benzene rings is 1. The molecule has 5 heteroatoms. The van der Waals surface area contributed by atoms with Crippen LogP contribution in [0.3, 0.4) is 0 Å². The maximum Gasteiger partial charge on any atom is 0.254 e. The highest BCUT2D eigenvalue weighted by Crippen LogP contribution is 2.27. The summed E-state index contributed by atoms with van der Waals surface area (Å²) in [6, 6.07) is 4.54. The number of phenolic OH excluding ortho intramolecular Hbond substituents is 2. The SMILES string of the molecule is CC1CN(C(=O)c2ccc(O)c(O)c2)CC1N(C)C. The highest BCUT2D eigenvalue weighted by molar-refractivity contribution is 5.95. The first kappa shape index (κ1) is 13.7. The van der Waals surface area contributed by atoms with E-state index >= 15 is 0 Å². The molecule has 0 saturated carbocycles. The first-order valence-corrected chi connectivity index (χ1v) is 6.38. The monoisotopic (exact) mass is 264 g/mol. The fraction of sp³-hybridized carbons (Fsp3) is 0.500. The summed E-state index contributed by atoms with van der Waals surface area (Å²) in [5, 5.41) is 18.7. The van der Waals surface area contributed by atoms with Crippen molar-refractivity contribution in [2.45, 2.75) is 13.0 Å². The van der Waals surface area contributed by atoms with E-state index in [9.17, 15) is 15.0 Å². The van der Waals surface area contributed by atoms with Crippen molar-refractivity contribution in [3.8, 4) is 11.5 Å². The quantitative estimate of drug-likeness (QED) is 0.786. The number of phenols is 2. The van der Waals surface area contributed by atoms with Crippen LogP contribution in [-0.4, -0.2) is 59.1 Å². The Balaban J connectivity index is 2.15. The van der Waals surface area contributed by atoms with Crippen LogP contribution in [0.25, 0.3) is 0 Å². The van der Waals surface area contributed by atoms with Crippen molar-refractivity contribution >= 4 is 5.91 Å². The summed E-state index contributed by atoms with van der Waals surface area (Å²) in [5.41, 5.74) is 0.405. The first-order chi connectivity index (χ1) is 8.90. The van der Waals surface area contributed by atoms with Crippen molar-refractivity contribution in [1.82, 2.24) is 9.80 Å². The summed E-state index contributed by atoms with van der Waals surface area (Å²) < 4.78 is 0. The fourth-order valence-electron chi connectivity index (χ4n) is 2.63. The number of hydrogen-bond donors (Lipinski definition) is 2. The lowest BCUT2D eigenvalue weighted by molar-refractivity contribution is 0.0781. The van der Waals surface area contributed by atoms with Gasteiger partial charge in [-0.2, -0.15) is 0 Å². The number of hydrogen-bond acceptors (Lipinski definition) is 4. The lowest BCUT2D eigenvalue weighted by Gasteiger charge is -2.22. The number of amides is 1. The maximum atomic E-state index is 12.3. The summed E-state index contributed by atoms with van der Waals surface area (Å²) in [6.45, 7) is 3.53. The van der Waals surface area contributed by atoms with Crippen LogP contribution in [0.5, 0.6) is 11.5 Å². The molecule has 104 valence electrons. The Labute approximate surface area is 113 Å². The van der Waals surface area contributed by atoms with E-state index in [0.717, 1.165) is 0 Å². The molecule has 5 nitrogen and oxygen atoms in total. The second kappa shape index (κ2) is 5.09. The van der Waals surface area contributed by atoms with Crippen molar-refractivity contribution < 1.29 is 15.0 Å². The highest BCUT2D eigenvalue weighted by atomic mass is 16.3. The molecule has 1 aliphatic rings. The molecule has 0 bridgehead atoms. The van der Waals surface area contributed by atoms with Gasteiger partial charge in [-0.05, 0) is 38.2 Å². The number of likely N-dealkylation sites (tertiary alicyclic amines) is 1. The highest BCUT2D eigenvalue weighted by Gasteiger charge is 2.34. The van der Waals surface area contributed by atoms with Crippen LogP contribution in [0.1, 0.15) is 17.3 Å². The fourth-order valence-corrected chi connectivity index (χ4v) is 2.63. The standard InChI is InChI=1S/C14H20N2O3/c1-9-7-16(8-11(9)15(2)3)14(19)10-4-5-12(17)13(18)6-10/h4-6,9,11,17-18H,7-8H2,1-3H3. The molecule has 1 saturated heterocycles. The normalized spacial score (nSPS) is 23.1. The first-order valence-electron chi connectivity index (χ1n) is 6.38. The average Bonchev–Trinajstić information content (AvgIpc) is 2.74. The van der Waals surface area contributed by atoms with Crippen LogP contribution in [0, 0.1) is 5.92 Å². The molecule has 2 N–H and O–H groups in total. The summed E-state index contributed by atoms with van der Waals surface area (Å²) in [6.07, 6.45) is 0. The van der Waals surface area contributed by atoms with E-state index in [-0.39, 0.29) is 17.4 Å². The summed E-state index contributed by atoms with van der Waals surface area (Å²) >= 11 is 0. The zero-order chi connectivity index (χ0) is 14.2. The van der Waals surface area contributed by atoms with E-state index in [1.54, 1.807) is 4.90 Å². The van der Waals surface area contributed by atoms with Crippen molar-refractivity contribution in [2.24, 2.45) is 5.92 Å². The minimum absolute atomic E-state index is 0.105. The van der Waals surface area contributed by atoms with Gasteiger partial charge in [0, 0.05) is 24.7 Å². The minimum Gasteiger partial charge on any atom is -0.504 e. The second-order valence-electron chi connectivity index (χ2n) is 5.42. The average molecular weight is 264 g/mol. The predicted octanol–water partition coefficient (Wildman–Crippen LogP) is 1.12. The largest absolute Gasteiger partial charge is 0.504 e. The number of nitrogens with zero attached hydrogens (tertiary/aromatic N) is 2. The van der Waals surface area contributed by atoms with Crippen LogP contribution in [0.15, 0.2) is 18.2 Å². The van der Waals surface area contributed by atoms with Crippen molar-refractivity contribution in [3.05, 3.63) is 23.8 Å². The van der Waals surface area contributed by atoms with E-state index in [0.29, 0.717) is 30.6 Å². The topological polar surface area (TPSA) is 64.0 Å². The molecule has 1 fully saturated rings. The van der Waals surface area contributed by atoms with Gasteiger partial charge in [0.2, 0.25) is 0 Å². The van der Waals surface area contributed by atoms with Gasteiger partial charge in [-0.3, -0.25) is 4.79 Å². The molecule has 2 rings (SSSR count). The van der Waals surface area contributed by atoms with Gasteiger partial charge in [0.15, 0.2) is 11.5 Å². The number of likely N-dealkylation sites (N-methyl/N-ethyl adjacent to an activating group) is 1. The van der Waals surface area contributed by atoms with E-state index in [4.69, 9.17) is 0 Å². The van der Waals surface area contributed by atoms with E-state index in [2.05, 4.69) is 11.8 Å². The van der Waals surface area contributed by atoms with Gasteiger partial charge in [0.25, 0.3) is 5.91 Å². The molecule has 2 atom stereocenters. The van der Waals surface area contributed by atoms with Gasteiger partial charge < -0.3 is 20.0 Å². The number of aromatic hydroxyl groups is 2. The van der Waals surface area contributed by atoms with E-state index in [1.165, 1.54) is 18.2 Å². The molecule has 1 aromatic carbocycles. The lowest BCUT2D eigenvalue weighted by Crippen LogP contribution is -2.35. The van der Waals surface area contributed by atoms with E-state index in [1.807, 2.05) is 14.1 Å². The van der Waals surface area contributed by atoms with Crippen LogP contribution in [0.4, 0.5) is 0 Å². The Hall–Kier alpha value is -1.75. The smallest absolute Gasteiger partial charge is 0.254 e. The summed E-state index contributed by atoms with van der Waals surface area (Å²) in [7, 11) is 4.03. The molecule has 1 heterocycles. The zero-order valence-electron chi connectivity index (χ0n) is 11.5. The molecule has 0 aromatic heterocycles. The van der Waals surface area contributed by atoms with Crippen LogP contribution in [0.2, 0.25) is 0 Å². The second-order valence-corrected chi connectivity index (χ2v) is 5.42. The molecule has 2 unspecified atom stereocenters. The van der Waals surface area contributed by atoms with Crippen LogP contribution < -0.4 is 0 Å². The molecule has 1 aliphatic heterocycles. The molecule has 1 amide bonds. The maximum absolute atomic E-state index is 12.3. The van der Waals surface area contributed by atoms with Gasteiger partial charge in [0.05, 0.1) is 0 Å². The van der Waals surface area contributed by atoms with Crippen molar-refractivity contribution in [2.75, 3.05) is 27.2 Å². The summed E-state index contributed by atoms with van der Waals surface area (Å²) in [4.78, 5) is 16.3. The van der Waals surface area contributed by atoms with Gasteiger partial charge in [-0.1, -0.05) is 6.92 Å². The number of carbonyl (C=O) groups is 1. The molecular weight excluding hydrogens is 244 g/mol. The van der Waals surface area contributed by atoms with Gasteiger partial charge >= 0.3 is 0 Å². The number of carbonyl (C=O) groups excluding carboxylic acids is 1. The third-order valence-electron chi connectivity index (χ3n) is 3.75. The zero-order valence-corrected chi connectivity index (χ0v) is 11.5. The summed E-state index contributed by atoms with van der Waals surface area (Å²) in [5.74, 6) is -0.157. The molecule has 0 aliphatic carbocycles. The third-order valence-corrected chi connectivity index (χ3v) is 3.75. The molecule has 1 aromatic rings. The van der Waals surface area contributed by atoms with E-state index < -0.39 is 0 Å². The number of rotatable bonds is 2. The Morgan fingerprint density at radius 2 is 1.95 bits per heavy atom. The Kier molecular flexibility index (Phi) is 3.66. The minimum atomic E-state index is -0.262. The Bertz CT molecular complexity index is 488. The van der Waals surface area contributed by atoms with Gasteiger partial charge in [-0.15, -0.1) is 0 Å². The lowest BCUT2D eigenvalue weighted by atomic mass is 10.1. The van der Waals surface area contributed by atoms with Crippen molar-refractivity contribution in [1.29, 1.82) is 0 Å². The predicted molar refractivity (Wildman–Crippen MR) is 72.3 cm³/mol. The molecular formula is C14H20N2O3.